The first-order valence-corrected chi connectivity index (χ1v) is 13.2. The van der Waals surface area contributed by atoms with Crippen molar-refractivity contribution in [3.05, 3.63) is 0 Å². The van der Waals surface area contributed by atoms with E-state index in [0.29, 0.717) is 11.8 Å². The number of hydrogen-bond donors (Lipinski definition) is 0. The lowest BCUT2D eigenvalue weighted by Gasteiger charge is -2.29. The molecule has 0 N–H and O–H groups in total. The van der Waals surface area contributed by atoms with E-state index in [1.807, 2.05) is 0 Å². The van der Waals surface area contributed by atoms with Crippen molar-refractivity contribution in [3.8, 4) is 0 Å². The highest BCUT2D eigenvalue weighted by molar-refractivity contribution is 6.66. The van der Waals surface area contributed by atoms with Gasteiger partial charge in [0.05, 0.1) is 0 Å². The first-order chi connectivity index (χ1) is 11.4. The Balaban J connectivity index is 3.80. The summed E-state index contributed by atoms with van der Waals surface area (Å²) in [6, 6.07) is 1.16. The normalized spacial score (nSPS) is 12.5. The van der Waals surface area contributed by atoms with Crippen molar-refractivity contribution >= 4 is 8.56 Å². The van der Waals surface area contributed by atoms with Crippen LogP contribution in [0, 0.1) is 11.8 Å². The Morgan fingerprint density at radius 2 is 1.00 bits per heavy atom. The summed E-state index contributed by atoms with van der Waals surface area (Å²) in [4.78, 5) is 0. The number of unbranched alkanes of at least 4 members (excludes halogenated alkanes) is 9. The first kappa shape index (κ1) is 24.1. The average Bonchev–Trinajstić information content (AvgIpc) is 2.53. The van der Waals surface area contributed by atoms with E-state index >= 15 is 0 Å². The van der Waals surface area contributed by atoms with Gasteiger partial charge in [-0.05, 0) is 24.4 Å². The summed E-state index contributed by atoms with van der Waals surface area (Å²) >= 11 is 0. The van der Waals surface area contributed by atoms with Gasteiger partial charge in [-0.25, -0.2) is 0 Å². The topological polar surface area (TPSA) is 18.5 Å². The molecule has 0 amide bonds. The molecule has 0 spiro atoms. The molecular weight excluding hydrogens is 312 g/mol. The second-order valence-corrected chi connectivity index (χ2v) is 11.8. The molecule has 0 aliphatic carbocycles. The molecule has 0 aromatic rings. The fourth-order valence-corrected chi connectivity index (χ4v) is 5.44. The van der Waals surface area contributed by atoms with Gasteiger partial charge in [-0.1, -0.05) is 98.8 Å². The molecule has 0 saturated heterocycles. The quantitative estimate of drug-likeness (QED) is 0.200. The van der Waals surface area contributed by atoms with Crippen molar-refractivity contribution in [2.75, 3.05) is 13.2 Å². The standard InChI is InChI=1S/C21H46O2Si/c1-7-8-9-10-11-12-13-14-15-16-17-24(6,22-18-20(2)3)23-19-21(4)5/h20-21H,7-19H2,1-6H3. The van der Waals surface area contributed by atoms with Gasteiger partial charge >= 0.3 is 8.56 Å². The highest BCUT2D eigenvalue weighted by Crippen LogP contribution is 2.21. The van der Waals surface area contributed by atoms with E-state index in [1.54, 1.807) is 0 Å². The van der Waals surface area contributed by atoms with Crippen LogP contribution in [0.25, 0.3) is 0 Å². The summed E-state index contributed by atoms with van der Waals surface area (Å²) in [7, 11) is -1.97. The third-order valence-corrected chi connectivity index (χ3v) is 7.24. The Morgan fingerprint density at radius 1 is 0.625 bits per heavy atom. The van der Waals surface area contributed by atoms with Crippen molar-refractivity contribution in [1.82, 2.24) is 0 Å². The molecule has 0 aliphatic rings. The van der Waals surface area contributed by atoms with E-state index in [-0.39, 0.29) is 0 Å². The van der Waals surface area contributed by atoms with Crippen molar-refractivity contribution in [1.29, 1.82) is 0 Å². The van der Waals surface area contributed by atoms with Crippen LogP contribution in [0.4, 0.5) is 0 Å². The van der Waals surface area contributed by atoms with Crippen LogP contribution >= 0.6 is 0 Å². The van der Waals surface area contributed by atoms with E-state index in [4.69, 9.17) is 8.85 Å². The van der Waals surface area contributed by atoms with Crippen LogP contribution in [-0.4, -0.2) is 21.8 Å². The zero-order chi connectivity index (χ0) is 18.3. The number of hydrogen-bond acceptors (Lipinski definition) is 2. The molecule has 0 bridgehead atoms. The summed E-state index contributed by atoms with van der Waals surface area (Å²) in [5.74, 6) is 1.18. The van der Waals surface area contributed by atoms with Gasteiger partial charge in [-0.3, -0.25) is 0 Å². The van der Waals surface area contributed by atoms with Crippen LogP contribution in [0.5, 0.6) is 0 Å². The molecule has 0 radical (unpaired) electrons. The Bertz CT molecular complexity index is 255. The minimum Gasteiger partial charge on any atom is -0.394 e. The molecule has 24 heavy (non-hydrogen) atoms. The monoisotopic (exact) mass is 358 g/mol. The highest BCUT2D eigenvalue weighted by Gasteiger charge is 2.31. The van der Waals surface area contributed by atoms with E-state index in [0.717, 1.165) is 19.3 Å². The lowest BCUT2D eigenvalue weighted by molar-refractivity contribution is 0.142. The van der Waals surface area contributed by atoms with Gasteiger partial charge in [0.25, 0.3) is 0 Å². The molecule has 0 unspecified atom stereocenters. The van der Waals surface area contributed by atoms with Crippen molar-refractivity contribution < 1.29 is 8.85 Å². The Kier molecular flexibility index (Phi) is 15.5. The molecule has 0 rings (SSSR count). The summed E-state index contributed by atoms with van der Waals surface area (Å²) in [6.45, 7) is 15.1. The summed E-state index contributed by atoms with van der Waals surface area (Å²) in [6.07, 6.45) is 13.9. The van der Waals surface area contributed by atoms with Gasteiger partial charge in [0.2, 0.25) is 0 Å². The molecule has 0 saturated carbocycles. The molecule has 2 nitrogen and oxygen atoms in total. The van der Waals surface area contributed by atoms with E-state index in [2.05, 4.69) is 41.2 Å². The van der Waals surface area contributed by atoms with Crippen molar-refractivity contribution in [2.45, 2.75) is 111 Å². The lowest BCUT2D eigenvalue weighted by Crippen LogP contribution is -2.40. The predicted molar refractivity (Wildman–Crippen MR) is 110 cm³/mol. The first-order valence-electron chi connectivity index (χ1n) is 10.7. The third-order valence-electron chi connectivity index (χ3n) is 4.43. The summed E-state index contributed by atoms with van der Waals surface area (Å²) in [5.41, 5.74) is 0. The SMILES string of the molecule is CCCCCCCCCCCC[Si](C)(OCC(C)C)OCC(C)C. The Hall–Kier alpha value is 0.137. The maximum Gasteiger partial charge on any atom is 0.334 e. The van der Waals surface area contributed by atoms with Crippen molar-refractivity contribution in [3.63, 3.8) is 0 Å². The van der Waals surface area contributed by atoms with Gasteiger partial charge in [-0.15, -0.1) is 0 Å². The predicted octanol–water partition coefficient (Wildman–Crippen LogP) is 7.32. The molecule has 0 atom stereocenters. The third kappa shape index (κ3) is 15.7. The minimum absolute atomic E-state index is 0.590. The van der Waals surface area contributed by atoms with Crippen molar-refractivity contribution in [2.24, 2.45) is 11.8 Å². The molecule has 0 aromatic carbocycles. The summed E-state index contributed by atoms with van der Waals surface area (Å²) in [5, 5.41) is 0. The van der Waals surface area contributed by atoms with Crippen LogP contribution in [-0.2, 0) is 8.85 Å². The van der Waals surface area contributed by atoms with Crippen LogP contribution < -0.4 is 0 Å². The van der Waals surface area contributed by atoms with Crippen LogP contribution in [0.3, 0.4) is 0 Å². The van der Waals surface area contributed by atoms with Crippen LogP contribution in [0.15, 0.2) is 0 Å². The Labute approximate surface area is 154 Å². The van der Waals surface area contributed by atoms with E-state index in [1.165, 1.54) is 64.2 Å². The van der Waals surface area contributed by atoms with Gasteiger partial charge < -0.3 is 8.85 Å². The fraction of sp³-hybridized carbons (Fsp3) is 1.00. The second kappa shape index (κ2) is 15.4. The Morgan fingerprint density at radius 3 is 1.38 bits per heavy atom. The highest BCUT2D eigenvalue weighted by atomic mass is 28.4. The van der Waals surface area contributed by atoms with Gasteiger partial charge in [0, 0.05) is 13.2 Å². The average molecular weight is 359 g/mol. The maximum absolute atomic E-state index is 6.24. The summed E-state index contributed by atoms with van der Waals surface area (Å²) < 4.78 is 12.5. The molecule has 0 heterocycles. The zero-order valence-electron chi connectivity index (χ0n) is 17.7. The molecule has 3 heteroatoms. The lowest BCUT2D eigenvalue weighted by atomic mass is 10.1. The second-order valence-electron chi connectivity index (χ2n) is 8.48. The van der Waals surface area contributed by atoms with E-state index in [9.17, 15) is 0 Å². The number of rotatable bonds is 17. The fourth-order valence-electron chi connectivity index (χ4n) is 2.81. The molecular formula is C21H46O2Si. The molecule has 0 aromatic heterocycles. The van der Waals surface area contributed by atoms with Gasteiger partial charge in [0.15, 0.2) is 0 Å². The molecule has 0 aliphatic heterocycles. The smallest absolute Gasteiger partial charge is 0.334 e. The van der Waals surface area contributed by atoms with E-state index < -0.39 is 8.56 Å². The van der Waals surface area contributed by atoms with Gasteiger partial charge in [-0.2, -0.15) is 0 Å². The maximum atomic E-state index is 6.24. The van der Waals surface area contributed by atoms with Gasteiger partial charge in [0.1, 0.15) is 0 Å². The largest absolute Gasteiger partial charge is 0.394 e. The molecule has 146 valence electrons. The molecule has 0 fully saturated rings. The van der Waals surface area contributed by atoms with Crippen LogP contribution in [0.1, 0.15) is 98.8 Å². The van der Waals surface area contributed by atoms with Crippen LogP contribution in [0.2, 0.25) is 12.6 Å². The zero-order valence-corrected chi connectivity index (χ0v) is 18.7. The minimum atomic E-state index is -1.97.